The Kier molecular flexibility index (Phi) is 5.52. The molecule has 0 aromatic heterocycles. The Balaban J connectivity index is 1.86. The zero-order valence-corrected chi connectivity index (χ0v) is 15.5. The fourth-order valence-electron chi connectivity index (χ4n) is 3.04. The maximum Gasteiger partial charge on any atom is 0.438 e. The molecule has 0 bridgehead atoms. The number of phenolic OH excluding ortho intramolecular Hbond substituents is 1. The van der Waals surface area contributed by atoms with Gasteiger partial charge in [0, 0.05) is 6.42 Å². The Hall–Kier alpha value is -3.07. The normalized spacial score (nSPS) is 19.2. The molecule has 0 saturated heterocycles. The summed E-state index contributed by atoms with van der Waals surface area (Å²) in [6, 6.07) is 12.3. The average molecular weight is 408 g/mol. The zero-order valence-electron chi connectivity index (χ0n) is 15.5. The van der Waals surface area contributed by atoms with Crippen molar-refractivity contribution < 1.29 is 32.9 Å². The highest BCUT2D eigenvalue weighted by atomic mass is 19.4. The van der Waals surface area contributed by atoms with E-state index in [9.17, 15) is 28.2 Å². The number of alkyl halides is 3. The van der Waals surface area contributed by atoms with Gasteiger partial charge in [0.25, 0.3) is 5.72 Å². The summed E-state index contributed by atoms with van der Waals surface area (Å²) >= 11 is 0. The van der Waals surface area contributed by atoms with E-state index in [-0.39, 0.29) is 29.3 Å². The summed E-state index contributed by atoms with van der Waals surface area (Å²) < 4.78 is 45.9. The average Bonchev–Trinajstić information content (AvgIpc) is 3.06. The summed E-state index contributed by atoms with van der Waals surface area (Å²) in [5.41, 5.74) is -2.75. The van der Waals surface area contributed by atoms with Crippen molar-refractivity contribution >= 4 is 11.6 Å². The summed E-state index contributed by atoms with van der Waals surface area (Å²) in [6.07, 6.45) is -6.35. The molecular weight excluding hydrogens is 389 g/mol. The molecule has 6 nitrogen and oxygen atoms in total. The first-order chi connectivity index (χ1) is 13.7. The van der Waals surface area contributed by atoms with Gasteiger partial charge in [-0.2, -0.15) is 23.3 Å². The number of phenols is 1. The van der Waals surface area contributed by atoms with E-state index in [0.29, 0.717) is 16.9 Å². The van der Waals surface area contributed by atoms with Gasteiger partial charge in [0.1, 0.15) is 11.5 Å². The van der Waals surface area contributed by atoms with Crippen LogP contribution in [0.5, 0.6) is 11.5 Å². The third-order valence-corrected chi connectivity index (χ3v) is 4.70. The summed E-state index contributed by atoms with van der Waals surface area (Å²) in [5, 5.41) is 24.0. The topological polar surface area (TPSA) is 82.4 Å². The van der Waals surface area contributed by atoms with Crippen molar-refractivity contribution in [3.63, 3.8) is 0 Å². The van der Waals surface area contributed by atoms with E-state index < -0.39 is 24.2 Å². The number of halogens is 3. The molecule has 0 radical (unpaired) electrons. The number of ether oxygens (including phenoxy) is 1. The molecular formula is C20H19F3N2O4. The molecule has 0 unspecified atom stereocenters. The quantitative estimate of drug-likeness (QED) is 0.796. The summed E-state index contributed by atoms with van der Waals surface area (Å²) in [4.78, 5) is 12.5. The van der Waals surface area contributed by atoms with Crippen LogP contribution in [0.2, 0.25) is 0 Å². The van der Waals surface area contributed by atoms with Crippen LogP contribution in [0.3, 0.4) is 0 Å². The second-order valence-corrected chi connectivity index (χ2v) is 6.60. The SMILES string of the molecule is COc1ccc(C2=NN(C(=O)CCc3ccccc3O)[C@@](O)(C(F)(F)F)C2)cc1. The van der Waals surface area contributed by atoms with Crippen molar-refractivity contribution in [2.24, 2.45) is 5.10 Å². The second-order valence-electron chi connectivity index (χ2n) is 6.60. The van der Waals surface area contributed by atoms with Crippen molar-refractivity contribution in [2.75, 3.05) is 7.11 Å². The van der Waals surface area contributed by atoms with Crippen molar-refractivity contribution in [1.82, 2.24) is 5.01 Å². The lowest BCUT2D eigenvalue weighted by molar-refractivity contribution is -0.302. The third-order valence-electron chi connectivity index (χ3n) is 4.70. The number of rotatable bonds is 5. The van der Waals surface area contributed by atoms with Crippen molar-refractivity contribution in [3.8, 4) is 11.5 Å². The van der Waals surface area contributed by atoms with Gasteiger partial charge in [-0.1, -0.05) is 18.2 Å². The van der Waals surface area contributed by atoms with Gasteiger partial charge in [0.15, 0.2) is 0 Å². The Morgan fingerprint density at radius 1 is 1.21 bits per heavy atom. The number of aromatic hydroxyl groups is 1. The minimum atomic E-state index is -5.10. The summed E-state index contributed by atoms with van der Waals surface area (Å²) in [5.74, 6) is -0.555. The highest BCUT2D eigenvalue weighted by Gasteiger charge is 2.63. The smallest absolute Gasteiger partial charge is 0.438 e. The van der Waals surface area contributed by atoms with Crippen molar-refractivity contribution in [1.29, 1.82) is 0 Å². The standard InChI is InChI=1S/C20H19F3N2O4/c1-29-15-9-6-13(7-10-15)16-12-19(28,20(21,22)23)25(24-16)18(27)11-8-14-4-2-3-5-17(14)26/h2-7,9-10,26,28H,8,11-12H2,1H3/t19-/m0/s1. The Labute approximate surface area is 164 Å². The van der Waals surface area contributed by atoms with E-state index in [1.165, 1.54) is 25.3 Å². The fourth-order valence-corrected chi connectivity index (χ4v) is 3.04. The van der Waals surface area contributed by atoms with Crippen LogP contribution in [0.25, 0.3) is 0 Å². The van der Waals surface area contributed by atoms with Gasteiger partial charge in [-0.3, -0.25) is 4.79 Å². The first-order valence-corrected chi connectivity index (χ1v) is 8.76. The van der Waals surface area contributed by atoms with E-state index in [1.54, 1.807) is 30.3 Å². The number of aliphatic hydroxyl groups is 1. The molecule has 2 aromatic carbocycles. The van der Waals surface area contributed by atoms with E-state index in [4.69, 9.17) is 4.74 Å². The lowest BCUT2D eigenvalue weighted by Gasteiger charge is -2.32. The number of aryl methyl sites for hydroxylation is 1. The predicted octanol–water partition coefficient (Wildman–Crippen LogP) is 3.22. The number of hydrazone groups is 1. The van der Waals surface area contributed by atoms with Gasteiger partial charge < -0.3 is 14.9 Å². The Bertz CT molecular complexity index is 928. The number of carbonyl (C=O) groups excluding carboxylic acids is 1. The van der Waals surface area contributed by atoms with Crippen LogP contribution in [-0.4, -0.2) is 45.9 Å². The minimum Gasteiger partial charge on any atom is -0.508 e. The second kappa shape index (κ2) is 7.75. The molecule has 2 N–H and O–H groups in total. The highest BCUT2D eigenvalue weighted by Crippen LogP contribution is 2.41. The van der Waals surface area contributed by atoms with Crippen LogP contribution < -0.4 is 4.74 Å². The number of methoxy groups -OCH3 is 1. The number of hydrogen-bond donors (Lipinski definition) is 2. The molecule has 3 rings (SSSR count). The zero-order chi connectivity index (χ0) is 21.2. The number of carbonyl (C=O) groups is 1. The molecule has 154 valence electrons. The molecule has 0 aliphatic carbocycles. The molecule has 2 aromatic rings. The Morgan fingerprint density at radius 3 is 2.45 bits per heavy atom. The molecule has 1 heterocycles. The number of hydrogen-bond acceptors (Lipinski definition) is 5. The van der Waals surface area contributed by atoms with Crippen LogP contribution >= 0.6 is 0 Å². The first-order valence-electron chi connectivity index (χ1n) is 8.76. The molecule has 1 aliphatic rings. The van der Waals surface area contributed by atoms with E-state index >= 15 is 0 Å². The van der Waals surface area contributed by atoms with Crippen LogP contribution in [-0.2, 0) is 11.2 Å². The summed E-state index contributed by atoms with van der Waals surface area (Å²) in [7, 11) is 1.45. The van der Waals surface area contributed by atoms with Gasteiger partial charge in [0.05, 0.1) is 19.2 Å². The van der Waals surface area contributed by atoms with Crippen molar-refractivity contribution in [2.45, 2.75) is 31.2 Å². The van der Waals surface area contributed by atoms with Gasteiger partial charge in [0.2, 0.25) is 5.91 Å². The maximum absolute atomic E-state index is 13.6. The molecule has 1 aliphatic heterocycles. The van der Waals surface area contributed by atoms with Gasteiger partial charge >= 0.3 is 6.18 Å². The molecule has 0 saturated carbocycles. The number of para-hydroxylation sites is 1. The van der Waals surface area contributed by atoms with E-state index in [1.807, 2.05) is 0 Å². The van der Waals surface area contributed by atoms with Crippen LogP contribution in [0.4, 0.5) is 13.2 Å². The highest BCUT2D eigenvalue weighted by molar-refractivity contribution is 6.03. The van der Waals surface area contributed by atoms with Crippen LogP contribution in [0, 0.1) is 0 Å². The predicted molar refractivity (Wildman–Crippen MR) is 98.4 cm³/mol. The molecule has 29 heavy (non-hydrogen) atoms. The number of amides is 1. The third kappa shape index (κ3) is 4.04. The molecule has 0 fully saturated rings. The molecule has 1 atom stereocenters. The molecule has 1 amide bonds. The minimum absolute atomic E-state index is 0.00331. The lowest BCUT2D eigenvalue weighted by atomic mass is 10.0. The molecule has 9 heteroatoms. The van der Waals surface area contributed by atoms with Crippen molar-refractivity contribution in [3.05, 3.63) is 59.7 Å². The number of nitrogens with zero attached hydrogens (tertiary/aromatic N) is 2. The summed E-state index contributed by atoms with van der Waals surface area (Å²) in [6.45, 7) is 0. The van der Waals surface area contributed by atoms with E-state index in [2.05, 4.69) is 5.10 Å². The van der Waals surface area contributed by atoms with Gasteiger partial charge in [-0.25, -0.2) is 0 Å². The van der Waals surface area contributed by atoms with Gasteiger partial charge in [-0.05, 0) is 47.9 Å². The van der Waals surface area contributed by atoms with E-state index in [0.717, 1.165) is 0 Å². The van der Waals surface area contributed by atoms with Crippen LogP contribution in [0.1, 0.15) is 24.0 Å². The largest absolute Gasteiger partial charge is 0.508 e. The fraction of sp³-hybridized carbons (Fsp3) is 0.300. The Morgan fingerprint density at radius 2 is 1.86 bits per heavy atom. The van der Waals surface area contributed by atoms with Gasteiger partial charge in [-0.15, -0.1) is 0 Å². The first kappa shape index (κ1) is 20.7. The molecule has 0 spiro atoms. The maximum atomic E-state index is 13.6. The lowest BCUT2D eigenvalue weighted by Crippen LogP contribution is -2.56. The van der Waals surface area contributed by atoms with Crippen LogP contribution in [0.15, 0.2) is 53.6 Å². The number of benzene rings is 2. The monoisotopic (exact) mass is 408 g/mol.